The summed E-state index contributed by atoms with van der Waals surface area (Å²) in [5.74, 6) is 0. The monoisotopic (exact) mass is 459 g/mol. The topological polar surface area (TPSA) is 58.6 Å². The van der Waals surface area contributed by atoms with Crippen molar-refractivity contribution in [3.63, 3.8) is 0 Å². The molecule has 1 saturated heterocycles. The second-order valence-electron chi connectivity index (χ2n) is 7.08. The number of nitrogens with one attached hydrogen (secondary N) is 1. The van der Waals surface area contributed by atoms with Crippen LogP contribution in [0.4, 0.5) is 4.79 Å². The second-order valence-corrected chi connectivity index (χ2v) is 8.25. The van der Waals surface area contributed by atoms with Crippen LogP contribution in [0.5, 0.6) is 0 Å². The van der Waals surface area contributed by atoms with Crippen LogP contribution in [0.2, 0.25) is 0 Å². The van der Waals surface area contributed by atoms with Crippen LogP contribution < -0.4 is 5.32 Å². The first-order chi connectivity index (χ1) is 12.1. The highest BCUT2D eigenvalue weighted by atomic mass is 127. The lowest BCUT2D eigenvalue weighted by Gasteiger charge is -2.23. The molecule has 1 aliphatic heterocycles. The van der Waals surface area contributed by atoms with Crippen molar-refractivity contribution >= 4 is 28.7 Å². The number of aliphatic hydroxyl groups is 1. The minimum atomic E-state index is -0.625. The maximum Gasteiger partial charge on any atom is 0.407 e. The van der Waals surface area contributed by atoms with Gasteiger partial charge in [-0.2, -0.15) is 0 Å². The number of amides is 1. The Balaban J connectivity index is 1.79. The van der Waals surface area contributed by atoms with E-state index in [1.165, 1.54) is 53.2 Å². The minimum absolute atomic E-state index is 0.0913. The first kappa shape index (κ1) is 20.5. The van der Waals surface area contributed by atoms with E-state index in [0.29, 0.717) is 6.42 Å². The number of carbonyl (C=O) groups excluding carboxylic acids is 1. The van der Waals surface area contributed by atoms with Crippen molar-refractivity contribution in [1.29, 1.82) is 0 Å². The molecule has 0 spiro atoms. The highest BCUT2D eigenvalue weighted by molar-refractivity contribution is 14.1. The van der Waals surface area contributed by atoms with Crippen LogP contribution in [0.25, 0.3) is 0 Å². The number of ether oxygens (including phenoxy) is 1. The summed E-state index contributed by atoms with van der Waals surface area (Å²) in [7, 11) is 0. The second kappa shape index (κ2) is 10.4. The minimum Gasteiger partial charge on any atom is -0.447 e. The molecular formula is C20H30INO3. The van der Waals surface area contributed by atoms with Gasteiger partial charge in [-0.15, -0.1) is 0 Å². The molecule has 0 unspecified atom stereocenters. The van der Waals surface area contributed by atoms with Crippen molar-refractivity contribution in [2.45, 2.75) is 70.3 Å². The Kier molecular flexibility index (Phi) is 8.49. The number of hydrogen-bond acceptors (Lipinski definition) is 3. The molecule has 0 bridgehead atoms. The Bertz CT molecular complexity index is 564. The average Bonchev–Trinajstić information content (AvgIpc) is 2.99. The lowest BCUT2D eigenvalue weighted by molar-refractivity contribution is 0.140. The summed E-state index contributed by atoms with van der Waals surface area (Å²) in [6.07, 6.45) is 10.2. The number of unbranched alkanes of at least 4 members (excludes halogenated alkanes) is 5. The maximum atomic E-state index is 11.3. The predicted molar refractivity (Wildman–Crippen MR) is 109 cm³/mol. The van der Waals surface area contributed by atoms with Gasteiger partial charge in [-0.3, -0.25) is 0 Å². The van der Waals surface area contributed by atoms with Gasteiger partial charge < -0.3 is 15.2 Å². The molecular weight excluding hydrogens is 429 g/mol. The zero-order chi connectivity index (χ0) is 18.1. The number of halogens is 1. The van der Waals surface area contributed by atoms with Crippen LogP contribution in [0, 0.1) is 3.57 Å². The van der Waals surface area contributed by atoms with Crippen LogP contribution in [0.15, 0.2) is 18.2 Å². The molecule has 5 heteroatoms. The Morgan fingerprint density at radius 3 is 2.60 bits per heavy atom. The first-order valence-corrected chi connectivity index (χ1v) is 10.5. The number of cyclic esters (lactones) is 1. The van der Waals surface area contributed by atoms with Crippen LogP contribution in [-0.4, -0.2) is 30.0 Å². The number of aryl methyl sites for hydroxylation is 2. The van der Waals surface area contributed by atoms with Crippen LogP contribution >= 0.6 is 22.6 Å². The first-order valence-electron chi connectivity index (χ1n) is 9.42. The van der Waals surface area contributed by atoms with Crippen LogP contribution in [0.1, 0.15) is 63.0 Å². The molecule has 4 nitrogen and oxygen atoms in total. The van der Waals surface area contributed by atoms with Crippen LogP contribution in [-0.2, 0) is 17.6 Å². The van der Waals surface area contributed by atoms with E-state index in [0.717, 1.165) is 12.8 Å². The fraction of sp³-hybridized carbons (Fsp3) is 0.650. The number of aliphatic hydroxyl groups excluding tert-OH is 1. The van der Waals surface area contributed by atoms with E-state index in [9.17, 15) is 9.90 Å². The fourth-order valence-electron chi connectivity index (χ4n) is 3.22. The molecule has 1 aromatic rings. The van der Waals surface area contributed by atoms with E-state index >= 15 is 0 Å². The molecule has 1 aromatic carbocycles. The standard InChI is InChI=1S/C20H30INO3/c1-2-3-4-5-6-7-8-17-10-9-16(13-18(17)21)11-12-20(14-23)15-25-19(24)22-20/h9-10,13,23H,2-8,11-12,14-15H2,1H3,(H,22,24)/t20-/m0/s1. The lowest BCUT2D eigenvalue weighted by atomic mass is 9.93. The summed E-state index contributed by atoms with van der Waals surface area (Å²) in [4.78, 5) is 11.3. The van der Waals surface area contributed by atoms with Gasteiger partial charge in [0.2, 0.25) is 0 Å². The third kappa shape index (κ3) is 6.44. The van der Waals surface area contributed by atoms with Gasteiger partial charge in [0, 0.05) is 3.57 Å². The summed E-state index contributed by atoms with van der Waals surface area (Å²) < 4.78 is 6.27. The molecule has 0 aliphatic carbocycles. The van der Waals surface area contributed by atoms with Gasteiger partial charge in [0.15, 0.2) is 0 Å². The third-order valence-electron chi connectivity index (χ3n) is 4.96. The van der Waals surface area contributed by atoms with Crippen molar-refractivity contribution in [2.24, 2.45) is 0 Å². The predicted octanol–water partition coefficient (Wildman–Crippen LogP) is 4.60. The van der Waals surface area contributed by atoms with Gasteiger partial charge in [-0.25, -0.2) is 4.79 Å². The van der Waals surface area contributed by atoms with E-state index in [2.05, 4.69) is 53.0 Å². The molecule has 25 heavy (non-hydrogen) atoms. The van der Waals surface area contributed by atoms with E-state index in [1.54, 1.807) is 0 Å². The molecule has 2 rings (SSSR count). The molecule has 1 fully saturated rings. The highest BCUT2D eigenvalue weighted by Crippen LogP contribution is 2.23. The molecule has 1 amide bonds. The zero-order valence-corrected chi connectivity index (χ0v) is 17.3. The third-order valence-corrected chi connectivity index (χ3v) is 5.96. The van der Waals surface area contributed by atoms with E-state index in [-0.39, 0.29) is 13.2 Å². The van der Waals surface area contributed by atoms with Crippen molar-refractivity contribution in [3.8, 4) is 0 Å². The van der Waals surface area contributed by atoms with Crippen molar-refractivity contribution in [2.75, 3.05) is 13.2 Å². The normalized spacial score (nSPS) is 19.7. The van der Waals surface area contributed by atoms with Crippen molar-refractivity contribution < 1.29 is 14.6 Å². The summed E-state index contributed by atoms with van der Waals surface area (Å²) >= 11 is 2.42. The summed E-state index contributed by atoms with van der Waals surface area (Å²) in [5, 5.41) is 12.3. The van der Waals surface area contributed by atoms with E-state index in [1.807, 2.05) is 0 Å². The number of alkyl carbamates (subject to hydrolysis) is 1. The fourth-order valence-corrected chi connectivity index (χ4v) is 4.07. The average molecular weight is 459 g/mol. The Morgan fingerprint density at radius 1 is 1.20 bits per heavy atom. The molecule has 0 radical (unpaired) electrons. The zero-order valence-electron chi connectivity index (χ0n) is 15.2. The van der Waals surface area contributed by atoms with Gasteiger partial charge in [0.25, 0.3) is 0 Å². The Labute approximate surface area is 164 Å². The maximum absolute atomic E-state index is 11.3. The van der Waals surface area contributed by atoms with Crippen LogP contribution in [0.3, 0.4) is 0 Å². The molecule has 140 valence electrons. The summed E-state index contributed by atoms with van der Waals surface area (Å²) in [6.45, 7) is 2.40. The van der Waals surface area contributed by atoms with Gasteiger partial charge in [0.1, 0.15) is 12.1 Å². The molecule has 1 aliphatic rings. The SMILES string of the molecule is CCCCCCCCc1ccc(CC[C@]2(CO)COC(=O)N2)cc1I. The summed E-state index contributed by atoms with van der Waals surface area (Å²) in [6, 6.07) is 6.64. The molecule has 1 heterocycles. The quantitative estimate of drug-likeness (QED) is 0.376. The van der Waals surface area contributed by atoms with Gasteiger partial charge in [-0.05, 0) is 65.5 Å². The largest absolute Gasteiger partial charge is 0.447 e. The molecule has 2 N–H and O–H groups in total. The van der Waals surface area contributed by atoms with E-state index < -0.39 is 11.6 Å². The number of carbonyl (C=O) groups is 1. The lowest BCUT2D eigenvalue weighted by Crippen LogP contribution is -2.47. The number of rotatable bonds is 11. The Morgan fingerprint density at radius 2 is 1.96 bits per heavy atom. The smallest absolute Gasteiger partial charge is 0.407 e. The van der Waals surface area contributed by atoms with Crippen molar-refractivity contribution in [3.05, 3.63) is 32.9 Å². The number of benzene rings is 1. The highest BCUT2D eigenvalue weighted by Gasteiger charge is 2.38. The Hall–Kier alpha value is -0.820. The van der Waals surface area contributed by atoms with E-state index in [4.69, 9.17) is 4.74 Å². The number of hydrogen-bond donors (Lipinski definition) is 2. The van der Waals surface area contributed by atoms with Gasteiger partial charge in [0.05, 0.1) is 6.61 Å². The molecule has 1 atom stereocenters. The summed E-state index contributed by atoms with van der Waals surface area (Å²) in [5.41, 5.74) is 2.04. The van der Waals surface area contributed by atoms with Gasteiger partial charge in [-0.1, -0.05) is 51.2 Å². The molecule has 0 aromatic heterocycles. The molecule has 0 saturated carbocycles. The van der Waals surface area contributed by atoms with Gasteiger partial charge >= 0.3 is 6.09 Å². The van der Waals surface area contributed by atoms with Crippen molar-refractivity contribution in [1.82, 2.24) is 5.32 Å².